The van der Waals surface area contributed by atoms with E-state index in [1.165, 1.54) is 57.8 Å². The zero-order valence-corrected chi connectivity index (χ0v) is 10.7. The molecule has 0 saturated carbocycles. The van der Waals surface area contributed by atoms with E-state index in [2.05, 4.69) is 38.2 Å². The van der Waals surface area contributed by atoms with Crippen LogP contribution >= 0.6 is 0 Å². The summed E-state index contributed by atoms with van der Waals surface area (Å²) in [6.45, 7) is 4.49. The Bertz CT molecular complexity index is 153. The van der Waals surface area contributed by atoms with Gasteiger partial charge in [0.25, 0.3) is 0 Å². The normalized spacial score (nSPS) is 11.9. The minimum atomic E-state index is 1.21. The highest BCUT2D eigenvalue weighted by atomic mass is 13.9. The summed E-state index contributed by atoms with van der Waals surface area (Å²) >= 11 is 0. The molecule has 0 aliphatic rings. The summed E-state index contributed by atoms with van der Waals surface area (Å²) in [5.41, 5.74) is 0. The summed E-state index contributed by atoms with van der Waals surface area (Å²) in [6.07, 6.45) is 21.0. The molecule has 88 valence electrons. The lowest BCUT2D eigenvalue weighted by Crippen LogP contribution is -1.73. The Morgan fingerprint density at radius 2 is 1.13 bits per heavy atom. The summed E-state index contributed by atoms with van der Waals surface area (Å²) in [5.74, 6) is 0. The van der Waals surface area contributed by atoms with Gasteiger partial charge >= 0.3 is 0 Å². The molecule has 0 aliphatic heterocycles. The Balaban J connectivity index is 3.10. The van der Waals surface area contributed by atoms with E-state index < -0.39 is 0 Å². The van der Waals surface area contributed by atoms with Crippen molar-refractivity contribution in [3.8, 4) is 0 Å². The molecule has 0 heteroatoms. The third kappa shape index (κ3) is 13.5. The summed E-state index contributed by atoms with van der Waals surface area (Å²) in [6, 6.07) is 0. The number of rotatable bonds is 10. The molecule has 0 atom stereocenters. The fourth-order valence-corrected chi connectivity index (χ4v) is 1.52. The van der Waals surface area contributed by atoms with Gasteiger partial charge in [0.1, 0.15) is 0 Å². The maximum atomic E-state index is 2.35. The van der Waals surface area contributed by atoms with Crippen molar-refractivity contribution in [3.05, 3.63) is 24.3 Å². The first kappa shape index (κ1) is 14.5. The molecule has 0 fully saturated rings. The highest BCUT2D eigenvalue weighted by Crippen LogP contribution is 2.04. The number of hydrogen-bond donors (Lipinski definition) is 0. The molecule has 0 amide bonds. The second-order valence-electron chi connectivity index (χ2n) is 4.16. The molecular weight excluding hydrogens is 180 g/mol. The van der Waals surface area contributed by atoms with Crippen molar-refractivity contribution >= 4 is 0 Å². The Morgan fingerprint density at radius 1 is 0.533 bits per heavy atom. The van der Waals surface area contributed by atoms with Crippen molar-refractivity contribution in [1.82, 2.24) is 0 Å². The fraction of sp³-hybridized carbons (Fsp3) is 0.733. The van der Waals surface area contributed by atoms with Crippen molar-refractivity contribution in [1.29, 1.82) is 0 Å². The molecule has 0 nitrogen and oxygen atoms in total. The third-order valence-corrected chi connectivity index (χ3v) is 2.51. The van der Waals surface area contributed by atoms with Gasteiger partial charge in [-0.15, -0.1) is 0 Å². The fourth-order valence-electron chi connectivity index (χ4n) is 1.52. The topological polar surface area (TPSA) is 0 Å². The van der Waals surface area contributed by atoms with Crippen LogP contribution in [0.15, 0.2) is 24.3 Å². The van der Waals surface area contributed by atoms with Gasteiger partial charge in [-0.2, -0.15) is 0 Å². The van der Waals surface area contributed by atoms with Gasteiger partial charge in [-0.1, -0.05) is 63.8 Å². The van der Waals surface area contributed by atoms with E-state index >= 15 is 0 Å². The molecule has 0 radical (unpaired) electrons. The van der Waals surface area contributed by atoms with Gasteiger partial charge in [-0.25, -0.2) is 0 Å². The predicted octanol–water partition coefficient (Wildman–Crippen LogP) is 5.65. The van der Waals surface area contributed by atoms with E-state index in [0.717, 1.165) is 0 Å². The van der Waals surface area contributed by atoms with Gasteiger partial charge in [0, 0.05) is 0 Å². The van der Waals surface area contributed by atoms with Crippen molar-refractivity contribution in [2.24, 2.45) is 0 Å². The summed E-state index contributed by atoms with van der Waals surface area (Å²) < 4.78 is 0. The smallest absolute Gasteiger partial charge is 0.0316 e. The summed E-state index contributed by atoms with van der Waals surface area (Å²) in [5, 5.41) is 0. The average molecular weight is 208 g/mol. The Kier molecular flexibility index (Phi) is 13.0. The number of unbranched alkanes of at least 4 members (excludes halogenated alkanes) is 6. The Labute approximate surface area is 96.5 Å². The van der Waals surface area contributed by atoms with Crippen LogP contribution in [0.2, 0.25) is 0 Å². The summed E-state index contributed by atoms with van der Waals surface area (Å²) in [4.78, 5) is 0. The summed E-state index contributed by atoms with van der Waals surface area (Å²) in [7, 11) is 0. The van der Waals surface area contributed by atoms with Crippen LogP contribution in [0.4, 0.5) is 0 Å². The van der Waals surface area contributed by atoms with E-state index in [4.69, 9.17) is 0 Å². The second-order valence-corrected chi connectivity index (χ2v) is 4.16. The highest BCUT2D eigenvalue weighted by molar-refractivity contribution is 4.87. The maximum Gasteiger partial charge on any atom is -0.0316 e. The van der Waals surface area contributed by atoms with E-state index in [0.29, 0.717) is 0 Å². The van der Waals surface area contributed by atoms with Crippen LogP contribution in [-0.4, -0.2) is 0 Å². The van der Waals surface area contributed by atoms with E-state index in [-0.39, 0.29) is 0 Å². The first-order valence-corrected chi connectivity index (χ1v) is 6.71. The van der Waals surface area contributed by atoms with Crippen LogP contribution in [0.3, 0.4) is 0 Å². The molecular formula is C15H28. The first-order chi connectivity index (χ1) is 7.41. The third-order valence-electron chi connectivity index (χ3n) is 2.51. The van der Waals surface area contributed by atoms with E-state index in [9.17, 15) is 0 Å². The van der Waals surface area contributed by atoms with Gasteiger partial charge in [-0.05, 0) is 32.1 Å². The average Bonchev–Trinajstić information content (AvgIpc) is 2.26. The Morgan fingerprint density at radius 3 is 1.73 bits per heavy atom. The molecule has 0 unspecified atom stereocenters. The Hall–Kier alpha value is -0.520. The zero-order chi connectivity index (χ0) is 11.2. The van der Waals surface area contributed by atoms with Crippen LogP contribution in [0, 0.1) is 0 Å². The van der Waals surface area contributed by atoms with Gasteiger partial charge in [0.2, 0.25) is 0 Å². The molecule has 0 aromatic heterocycles. The van der Waals surface area contributed by atoms with Crippen LogP contribution in [-0.2, 0) is 0 Å². The van der Waals surface area contributed by atoms with Gasteiger partial charge in [0.05, 0.1) is 0 Å². The number of hydrogen-bond acceptors (Lipinski definition) is 0. The van der Waals surface area contributed by atoms with Crippen LogP contribution < -0.4 is 0 Å². The molecule has 0 aromatic carbocycles. The van der Waals surface area contributed by atoms with Crippen LogP contribution in [0.25, 0.3) is 0 Å². The lowest BCUT2D eigenvalue weighted by atomic mass is 10.1. The van der Waals surface area contributed by atoms with Crippen molar-refractivity contribution < 1.29 is 0 Å². The molecule has 0 bridgehead atoms. The molecule has 0 heterocycles. The van der Waals surface area contributed by atoms with Gasteiger partial charge in [0.15, 0.2) is 0 Å². The molecule has 0 N–H and O–H groups in total. The monoisotopic (exact) mass is 208 g/mol. The lowest BCUT2D eigenvalue weighted by molar-refractivity contribution is 0.674. The van der Waals surface area contributed by atoms with Gasteiger partial charge in [-0.3, -0.25) is 0 Å². The van der Waals surface area contributed by atoms with E-state index in [1.54, 1.807) is 0 Å². The van der Waals surface area contributed by atoms with Gasteiger partial charge < -0.3 is 0 Å². The molecule has 0 spiro atoms. The van der Waals surface area contributed by atoms with Crippen LogP contribution in [0.1, 0.15) is 71.6 Å². The zero-order valence-electron chi connectivity index (χ0n) is 10.7. The van der Waals surface area contributed by atoms with Crippen molar-refractivity contribution in [2.75, 3.05) is 0 Å². The minimum Gasteiger partial charge on any atom is -0.0885 e. The standard InChI is InChI=1S/C15H28/c1-3-5-7-9-11-13-15-14-12-10-8-6-4-2/h7,9,14-15H,3-6,8,10-13H2,1-2H3/b9-7-,15-14-. The SMILES string of the molecule is CCC/C=C\CC/C=C\CCCCCC. The molecule has 15 heavy (non-hydrogen) atoms. The number of allylic oxidation sites excluding steroid dienone is 4. The minimum absolute atomic E-state index is 1.21. The first-order valence-electron chi connectivity index (χ1n) is 6.71. The maximum absolute atomic E-state index is 2.35. The van der Waals surface area contributed by atoms with Crippen molar-refractivity contribution in [2.45, 2.75) is 71.6 Å². The van der Waals surface area contributed by atoms with Crippen LogP contribution in [0.5, 0.6) is 0 Å². The largest absolute Gasteiger partial charge is 0.0885 e. The molecule has 0 saturated heterocycles. The van der Waals surface area contributed by atoms with E-state index in [1.807, 2.05) is 0 Å². The lowest BCUT2D eigenvalue weighted by Gasteiger charge is -1.94. The predicted molar refractivity (Wildman–Crippen MR) is 71.2 cm³/mol. The van der Waals surface area contributed by atoms with Crippen molar-refractivity contribution in [3.63, 3.8) is 0 Å². The second kappa shape index (κ2) is 13.5. The quantitative estimate of drug-likeness (QED) is 0.321. The molecule has 0 rings (SSSR count). The molecule has 0 aromatic rings. The molecule has 0 aliphatic carbocycles. The highest BCUT2D eigenvalue weighted by Gasteiger charge is 1.84.